The van der Waals surface area contributed by atoms with Gasteiger partial charge in [-0.1, -0.05) is 29.8 Å². The van der Waals surface area contributed by atoms with Gasteiger partial charge in [0.25, 0.3) is 11.8 Å². The molecule has 2 aromatic carbocycles. The Morgan fingerprint density at radius 3 is 2.54 bits per heavy atom. The van der Waals surface area contributed by atoms with Crippen molar-refractivity contribution in [1.82, 2.24) is 5.32 Å². The molecule has 0 unspecified atom stereocenters. The van der Waals surface area contributed by atoms with Crippen LogP contribution in [0, 0.1) is 0 Å². The van der Waals surface area contributed by atoms with E-state index in [1.165, 1.54) is 19.3 Å². The van der Waals surface area contributed by atoms with E-state index in [4.69, 9.17) is 21.1 Å². The van der Waals surface area contributed by atoms with E-state index in [1.807, 2.05) is 6.92 Å². The number of carbonyl (C=O) groups is 3. The zero-order chi connectivity index (χ0) is 20.3. The number of hydrogen-bond donors (Lipinski definition) is 1. The number of nitrogens with zero attached hydrogens (tertiary/aromatic N) is 1. The number of benzene rings is 2. The number of barbiturate groups is 1. The molecule has 0 aliphatic carbocycles. The van der Waals surface area contributed by atoms with E-state index in [0.29, 0.717) is 23.7 Å². The van der Waals surface area contributed by atoms with Crippen molar-refractivity contribution in [3.8, 4) is 11.5 Å². The van der Waals surface area contributed by atoms with Crippen molar-refractivity contribution in [2.45, 2.75) is 6.92 Å². The molecule has 1 heterocycles. The minimum Gasteiger partial charge on any atom is -0.493 e. The molecule has 8 heteroatoms. The molecule has 144 valence electrons. The van der Waals surface area contributed by atoms with E-state index in [9.17, 15) is 14.4 Å². The first-order valence-electron chi connectivity index (χ1n) is 8.43. The first-order chi connectivity index (χ1) is 13.5. The Labute approximate surface area is 166 Å². The molecule has 0 bridgehead atoms. The summed E-state index contributed by atoms with van der Waals surface area (Å²) in [5.74, 6) is -0.555. The highest BCUT2D eigenvalue weighted by Crippen LogP contribution is 2.31. The lowest BCUT2D eigenvalue weighted by atomic mass is 10.1. The number of urea groups is 1. The van der Waals surface area contributed by atoms with Crippen LogP contribution in [-0.4, -0.2) is 31.6 Å². The number of amides is 4. The van der Waals surface area contributed by atoms with Crippen molar-refractivity contribution < 1.29 is 23.9 Å². The van der Waals surface area contributed by atoms with E-state index in [0.717, 1.165) is 4.90 Å². The highest BCUT2D eigenvalue weighted by atomic mass is 35.5. The predicted octanol–water partition coefficient (Wildman–Crippen LogP) is 3.41. The Balaban J connectivity index is 2.02. The lowest BCUT2D eigenvalue weighted by Crippen LogP contribution is -2.54. The maximum Gasteiger partial charge on any atom is 0.335 e. The standard InChI is InChI=1S/C20H17ClN2O5/c1-3-28-17-11-12(8-9-16(17)27-2)10-13-18(24)22-20(26)23(19(13)25)15-7-5-4-6-14(15)21/h4-11H,3H2,1-2H3,(H,22,24,26)/b13-10+. The molecule has 3 rings (SSSR count). The summed E-state index contributed by atoms with van der Waals surface area (Å²) in [4.78, 5) is 38.3. The smallest absolute Gasteiger partial charge is 0.335 e. The van der Waals surface area contributed by atoms with Gasteiger partial charge in [0.05, 0.1) is 24.4 Å². The van der Waals surface area contributed by atoms with Crippen molar-refractivity contribution >= 4 is 41.2 Å². The summed E-state index contributed by atoms with van der Waals surface area (Å²) in [6.07, 6.45) is 1.38. The highest BCUT2D eigenvalue weighted by molar-refractivity contribution is 6.42. The van der Waals surface area contributed by atoms with E-state index < -0.39 is 17.8 Å². The van der Waals surface area contributed by atoms with Gasteiger partial charge >= 0.3 is 6.03 Å². The molecule has 1 fully saturated rings. The summed E-state index contributed by atoms with van der Waals surface area (Å²) in [7, 11) is 1.52. The maximum atomic E-state index is 12.9. The molecule has 0 spiro atoms. The van der Waals surface area contributed by atoms with Gasteiger partial charge in [-0.3, -0.25) is 14.9 Å². The fourth-order valence-electron chi connectivity index (χ4n) is 2.73. The van der Waals surface area contributed by atoms with Crippen LogP contribution in [0.2, 0.25) is 5.02 Å². The van der Waals surface area contributed by atoms with Crippen molar-refractivity contribution in [2.24, 2.45) is 0 Å². The highest BCUT2D eigenvalue weighted by Gasteiger charge is 2.37. The van der Waals surface area contributed by atoms with Gasteiger partial charge in [0.2, 0.25) is 0 Å². The number of nitrogens with one attached hydrogen (secondary N) is 1. The second kappa shape index (κ2) is 8.14. The van der Waals surface area contributed by atoms with Crippen LogP contribution in [0.4, 0.5) is 10.5 Å². The van der Waals surface area contributed by atoms with Gasteiger partial charge in [-0.05, 0) is 42.8 Å². The van der Waals surface area contributed by atoms with Crippen LogP contribution in [0.3, 0.4) is 0 Å². The van der Waals surface area contributed by atoms with E-state index >= 15 is 0 Å². The molecule has 7 nitrogen and oxygen atoms in total. The molecule has 1 aliphatic rings. The van der Waals surface area contributed by atoms with Crippen LogP contribution < -0.4 is 19.7 Å². The van der Waals surface area contributed by atoms with Gasteiger partial charge in [-0.15, -0.1) is 0 Å². The molecule has 1 N–H and O–H groups in total. The van der Waals surface area contributed by atoms with Crippen LogP contribution in [0.5, 0.6) is 11.5 Å². The monoisotopic (exact) mass is 400 g/mol. The maximum absolute atomic E-state index is 12.9. The Bertz CT molecular complexity index is 986. The number of hydrogen-bond acceptors (Lipinski definition) is 5. The second-order valence-corrected chi connectivity index (χ2v) is 6.16. The molecule has 0 atom stereocenters. The topological polar surface area (TPSA) is 84.9 Å². The number of imide groups is 2. The predicted molar refractivity (Wildman–Crippen MR) is 105 cm³/mol. The van der Waals surface area contributed by atoms with Crippen LogP contribution in [0.25, 0.3) is 6.08 Å². The zero-order valence-electron chi connectivity index (χ0n) is 15.2. The molecule has 28 heavy (non-hydrogen) atoms. The Hall–Kier alpha value is -3.32. The minimum absolute atomic E-state index is 0.190. The van der Waals surface area contributed by atoms with Gasteiger partial charge in [-0.25, -0.2) is 9.69 Å². The largest absolute Gasteiger partial charge is 0.493 e. The minimum atomic E-state index is -0.856. The summed E-state index contributed by atoms with van der Waals surface area (Å²) in [6, 6.07) is 10.5. The third kappa shape index (κ3) is 3.70. The van der Waals surface area contributed by atoms with Crippen LogP contribution >= 0.6 is 11.6 Å². The normalized spacial score (nSPS) is 15.6. The van der Waals surface area contributed by atoms with E-state index in [-0.39, 0.29) is 16.3 Å². The number of anilines is 1. The third-order valence-electron chi connectivity index (χ3n) is 3.99. The number of ether oxygens (including phenoxy) is 2. The Kier molecular flexibility index (Phi) is 5.65. The molecule has 0 aromatic heterocycles. The fraction of sp³-hybridized carbons (Fsp3) is 0.150. The number of methoxy groups -OCH3 is 1. The molecule has 4 amide bonds. The van der Waals surface area contributed by atoms with Gasteiger partial charge in [0, 0.05) is 0 Å². The van der Waals surface area contributed by atoms with Crippen LogP contribution in [0.1, 0.15) is 12.5 Å². The molecule has 2 aromatic rings. The number of halogens is 1. The number of carbonyl (C=O) groups excluding carboxylic acids is 3. The summed E-state index contributed by atoms with van der Waals surface area (Å²) >= 11 is 6.11. The Morgan fingerprint density at radius 2 is 1.86 bits per heavy atom. The van der Waals surface area contributed by atoms with Crippen LogP contribution in [0.15, 0.2) is 48.0 Å². The average molecular weight is 401 g/mol. The second-order valence-electron chi connectivity index (χ2n) is 5.75. The lowest BCUT2D eigenvalue weighted by molar-refractivity contribution is -0.122. The Morgan fingerprint density at radius 1 is 1.11 bits per heavy atom. The first-order valence-corrected chi connectivity index (χ1v) is 8.81. The molecule has 0 saturated carbocycles. The van der Waals surface area contributed by atoms with Crippen molar-refractivity contribution in [2.75, 3.05) is 18.6 Å². The quantitative estimate of drug-likeness (QED) is 0.614. The third-order valence-corrected chi connectivity index (χ3v) is 4.31. The van der Waals surface area contributed by atoms with E-state index in [1.54, 1.807) is 36.4 Å². The average Bonchev–Trinajstić information content (AvgIpc) is 2.67. The van der Waals surface area contributed by atoms with Gasteiger partial charge in [0.15, 0.2) is 11.5 Å². The van der Waals surface area contributed by atoms with E-state index in [2.05, 4.69) is 5.32 Å². The van der Waals surface area contributed by atoms with Gasteiger partial charge in [-0.2, -0.15) is 0 Å². The van der Waals surface area contributed by atoms with Crippen molar-refractivity contribution in [3.63, 3.8) is 0 Å². The summed E-state index contributed by atoms with van der Waals surface area (Å²) in [6.45, 7) is 2.25. The van der Waals surface area contributed by atoms with Crippen molar-refractivity contribution in [1.29, 1.82) is 0 Å². The van der Waals surface area contributed by atoms with Crippen LogP contribution in [-0.2, 0) is 9.59 Å². The zero-order valence-corrected chi connectivity index (χ0v) is 15.9. The van der Waals surface area contributed by atoms with Crippen molar-refractivity contribution in [3.05, 3.63) is 58.6 Å². The summed E-state index contributed by atoms with van der Waals surface area (Å²) in [5, 5.41) is 2.37. The number of para-hydroxylation sites is 1. The lowest BCUT2D eigenvalue weighted by Gasteiger charge is -2.27. The molecule has 0 radical (unpaired) electrons. The summed E-state index contributed by atoms with van der Waals surface area (Å²) in [5.41, 5.74) is 0.526. The SMILES string of the molecule is CCOc1cc(/C=C2\C(=O)NC(=O)N(c3ccccc3Cl)C2=O)ccc1OC. The fourth-order valence-corrected chi connectivity index (χ4v) is 2.95. The summed E-state index contributed by atoms with van der Waals surface area (Å²) < 4.78 is 10.7. The number of rotatable bonds is 5. The van der Waals surface area contributed by atoms with Gasteiger partial charge < -0.3 is 9.47 Å². The molecule has 1 saturated heterocycles. The molecule has 1 aliphatic heterocycles. The molecular formula is C20H17ClN2O5. The molecular weight excluding hydrogens is 384 g/mol. The first kappa shape index (κ1) is 19.4. The van der Waals surface area contributed by atoms with Gasteiger partial charge in [0.1, 0.15) is 5.57 Å².